The molecule has 1 saturated heterocycles. The van der Waals surface area contributed by atoms with Gasteiger partial charge in [0.15, 0.2) is 0 Å². The van der Waals surface area contributed by atoms with Crippen molar-refractivity contribution in [2.24, 2.45) is 23.7 Å². The summed E-state index contributed by atoms with van der Waals surface area (Å²) in [4.78, 5) is 11.4. The highest BCUT2D eigenvalue weighted by molar-refractivity contribution is 5.78. The summed E-state index contributed by atoms with van der Waals surface area (Å²) in [5, 5.41) is 0. The second kappa shape index (κ2) is 1.76. The van der Waals surface area contributed by atoms with Gasteiger partial charge >= 0.3 is 5.97 Å². The maximum atomic E-state index is 11.4. The molecule has 3 fully saturated rings. The van der Waals surface area contributed by atoms with E-state index in [0.29, 0.717) is 17.8 Å². The lowest BCUT2D eigenvalue weighted by Gasteiger charge is -2.22. The Hall–Kier alpha value is -0.790. The molecule has 0 aromatic rings. The van der Waals surface area contributed by atoms with Crippen molar-refractivity contribution in [1.82, 2.24) is 0 Å². The predicted octanol–water partition coefficient (Wildman–Crippen LogP) is 1.37. The van der Waals surface area contributed by atoms with Crippen molar-refractivity contribution in [2.45, 2.75) is 19.4 Å². The number of hydrogen-bond acceptors (Lipinski definition) is 2. The van der Waals surface area contributed by atoms with Crippen molar-refractivity contribution >= 4 is 5.97 Å². The molecule has 0 spiro atoms. The Morgan fingerprint density at radius 3 is 3.00 bits per heavy atom. The van der Waals surface area contributed by atoms with Crippen LogP contribution in [0, 0.1) is 23.7 Å². The molecule has 0 aromatic carbocycles. The fraction of sp³-hybridized carbons (Fsp3) is 0.700. The molecule has 2 saturated carbocycles. The molecule has 3 rings (SSSR count). The molecule has 12 heavy (non-hydrogen) atoms. The van der Waals surface area contributed by atoms with Crippen molar-refractivity contribution in [3.8, 4) is 0 Å². The summed E-state index contributed by atoms with van der Waals surface area (Å²) < 4.78 is 5.28. The molecule has 0 aromatic heterocycles. The van der Waals surface area contributed by atoms with E-state index in [1.54, 1.807) is 0 Å². The molecule has 2 nitrogen and oxygen atoms in total. The van der Waals surface area contributed by atoms with Crippen molar-refractivity contribution < 1.29 is 9.53 Å². The Morgan fingerprint density at radius 1 is 1.58 bits per heavy atom. The summed E-state index contributed by atoms with van der Waals surface area (Å²) in [6.07, 6.45) is 1.23. The minimum atomic E-state index is 0.0265. The van der Waals surface area contributed by atoms with Gasteiger partial charge in [0.2, 0.25) is 0 Å². The molecule has 2 heteroatoms. The van der Waals surface area contributed by atoms with Crippen LogP contribution in [0.5, 0.6) is 0 Å². The number of esters is 1. The summed E-state index contributed by atoms with van der Waals surface area (Å²) >= 11 is 0. The van der Waals surface area contributed by atoms with Crippen LogP contribution >= 0.6 is 0 Å². The first-order valence-electron chi connectivity index (χ1n) is 4.59. The first kappa shape index (κ1) is 6.70. The molecule has 3 aliphatic rings. The van der Waals surface area contributed by atoms with E-state index in [2.05, 4.69) is 13.5 Å². The Balaban J connectivity index is 2.12. The lowest BCUT2D eigenvalue weighted by molar-refractivity contribution is -0.143. The Bertz CT molecular complexity index is 282. The monoisotopic (exact) mass is 164 g/mol. The summed E-state index contributed by atoms with van der Waals surface area (Å²) in [6.45, 7) is 6.18. The van der Waals surface area contributed by atoms with Gasteiger partial charge < -0.3 is 4.74 Å². The van der Waals surface area contributed by atoms with Gasteiger partial charge in [0.25, 0.3) is 0 Å². The van der Waals surface area contributed by atoms with Gasteiger partial charge in [-0.3, -0.25) is 4.79 Å². The standard InChI is InChI=1S/C10H12O2/c1-4-6-3-7-8(4)10(11)12-9(7)5(6)2/h4,6-9H,2-3H2,1H3. The Morgan fingerprint density at radius 2 is 2.33 bits per heavy atom. The van der Waals surface area contributed by atoms with E-state index in [1.165, 1.54) is 5.57 Å². The van der Waals surface area contributed by atoms with Crippen LogP contribution in [0.4, 0.5) is 0 Å². The molecule has 64 valence electrons. The van der Waals surface area contributed by atoms with Gasteiger partial charge in [-0.05, 0) is 23.8 Å². The van der Waals surface area contributed by atoms with E-state index >= 15 is 0 Å². The van der Waals surface area contributed by atoms with E-state index < -0.39 is 0 Å². The van der Waals surface area contributed by atoms with Crippen molar-refractivity contribution in [1.29, 1.82) is 0 Å². The minimum absolute atomic E-state index is 0.0265. The number of ether oxygens (including phenoxy) is 1. The summed E-state index contributed by atoms with van der Waals surface area (Å²) in [5.41, 5.74) is 1.18. The third-order valence-electron chi connectivity index (χ3n) is 3.93. The molecule has 5 unspecified atom stereocenters. The fourth-order valence-electron chi connectivity index (χ4n) is 3.34. The molecule has 0 amide bonds. The van der Waals surface area contributed by atoms with Gasteiger partial charge in [-0.25, -0.2) is 0 Å². The number of carbonyl (C=O) groups excluding carboxylic acids is 1. The maximum Gasteiger partial charge on any atom is 0.310 e. The van der Waals surface area contributed by atoms with E-state index in [1.807, 2.05) is 0 Å². The topological polar surface area (TPSA) is 26.3 Å². The molecule has 0 radical (unpaired) electrons. The fourth-order valence-corrected chi connectivity index (χ4v) is 3.34. The SMILES string of the molecule is C=C1C2CC3C1OC(=O)C3C2C. The second-order valence-corrected chi connectivity index (χ2v) is 4.32. The van der Waals surface area contributed by atoms with E-state index in [-0.39, 0.29) is 18.0 Å². The summed E-state index contributed by atoms with van der Waals surface area (Å²) in [5.74, 6) is 1.75. The van der Waals surface area contributed by atoms with Gasteiger partial charge in [0.05, 0.1) is 5.92 Å². The summed E-state index contributed by atoms with van der Waals surface area (Å²) in [6, 6.07) is 0. The quantitative estimate of drug-likeness (QED) is 0.399. The van der Waals surface area contributed by atoms with Gasteiger partial charge in [-0.1, -0.05) is 13.5 Å². The highest BCUT2D eigenvalue weighted by atomic mass is 16.6. The molecular formula is C10H12O2. The Kier molecular flexibility index (Phi) is 0.980. The van der Waals surface area contributed by atoms with Crippen LogP contribution in [-0.4, -0.2) is 12.1 Å². The average molecular weight is 164 g/mol. The smallest absolute Gasteiger partial charge is 0.310 e. The summed E-state index contributed by atoms with van der Waals surface area (Å²) in [7, 11) is 0. The molecule has 1 heterocycles. The molecule has 1 aliphatic heterocycles. The number of carbonyl (C=O) groups is 1. The van der Waals surface area contributed by atoms with E-state index in [4.69, 9.17) is 4.74 Å². The molecule has 5 atom stereocenters. The lowest BCUT2D eigenvalue weighted by atomic mass is 9.79. The van der Waals surface area contributed by atoms with Crippen LogP contribution in [0.1, 0.15) is 13.3 Å². The van der Waals surface area contributed by atoms with Crippen LogP contribution in [0.15, 0.2) is 12.2 Å². The normalized spacial score (nSPS) is 54.9. The van der Waals surface area contributed by atoms with E-state index in [0.717, 1.165) is 6.42 Å². The Labute approximate surface area is 71.6 Å². The predicted molar refractivity (Wildman–Crippen MR) is 43.3 cm³/mol. The van der Waals surface area contributed by atoms with Gasteiger partial charge in [0.1, 0.15) is 6.10 Å². The first-order valence-corrected chi connectivity index (χ1v) is 4.59. The zero-order chi connectivity index (χ0) is 8.46. The van der Waals surface area contributed by atoms with Crippen molar-refractivity contribution in [2.75, 3.05) is 0 Å². The molecule has 2 aliphatic carbocycles. The lowest BCUT2D eigenvalue weighted by Crippen LogP contribution is -2.25. The van der Waals surface area contributed by atoms with Gasteiger partial charge in [0, 0.05) is 5.92 Å². The van der Waals surface area contributed by atoms with Crippen LogP contribution in [0.2, 0.25) is 0 Å². The van der Waals surface area contributed by atoms with Gasteiger partial charge in [-0.2, -0.15) is 0 Å². The van der Waals surface area contributed by atoms with Crippen LogP contribution < -0.4 is 0 Å². The van der Waals surface area contributed by atoms with Crippen molar-refractivity contribution in [3.05, 3.63) is 12.2 Å². The third kappa shape index (κ3) is 0.501. The van der Waals surface area contributed by atoms with Crippen LogP contribution in [-0.2, 0) is 9.53 Å². The number of rotatable bonds is 0. The number of fused-ring (bicyclic) bond motifs is 1. The third-order valence-corrected chi connectivity index (χ3v) is 3.93. The van der Waals surface area contributed by atoms with Crippen molar-refractivity contribution in [3.63, 3.8) is 0 Å². The van der Waals surface area contributed by atoms with E-state index in [9.17, 15) is 4.79 Å². The highest BCUT2D eigenvalue weighted by Crippen LogP contribution is 2.59. The van der Waals surface area contributed by atoms with Gasteiger partial charge in [-0.15, -0.1) is 0 Å². The molecule has 2 bridgehead atoms. The van der Waals surface area contributed by atoms with Crippen LogP contribution in [0.25, 0.3) is 0 Å². The molecular weight excluding hydrogens is 152 g/mol. The minimum Gasteiger partial charge on any atom is -0.457 e. The molecule has 0 N–H and O–H groups in total. The largest absolute Gasteiger partial charge is 0.457 e. The second-order valence-electron chi connectivity index (χ2n) is 4.32. The zero-order valence-electron chi connectivity index (χ0n) is 7.12. The highest BCUT2D eigenvalue weighted by Gasteiger charge is 2.62. The maximum absolute atomic E-state index is 11.4. The average Bonchev–Trinajstić information content (AvgIpc) is 2.56. The first-order chi connectivity index (χ1) is 5.70. The zero-order valence-corrected chi connectivity index (χ0v) is 7.12. The van der Waals surface area contributed by atoms with Crippen LogP contribution in [0.3, 0.4) is 0 Å². The number of hydrogen-bond donors (Lipinski definition) is 0.